The largest absolute Gasteiger partial charge is 0.454 e. The molecular weight excluding hydrogens is 204 g/mol. The summed E-state index contributed by atoms with van der Waals surface area (Å²) < 4.78 is 10.6. The van der Waals surface area contributed by atoms with Crippen molar-refractivity contribution in [3.05, 3.63) is 23.8 Å². The van der Waals surface area contributed by atoms with Crippen molar-refractivity contribution in [1.82, 2.24) is 0 Å². The minimum Gasteiger partial charge on any atom is -0.454 e. The van der Waals surface area contributed by atoms with E-state index in [4.69, 9.17) is 9.47 Å². The maximum atomic E-state index is 9.79. The minimum atomic E-state index is -0.120. The molecule has 0 bridgehead atoms. The van der Waals surface area contributed by atoms with Gasteiger partial charge in [0, 0.05) is 0 Å². The van der Waals surface area contributed by atoms with Crippen LogP contribution in [-0.4, -0.2) is 18.0 Å². The van der Waals surface area contributed by atoms with Gasteiger partial charge in [-0.1, -0.05) is 6.07 Å². The molecule has 0 aromatic heterocycles. The summed E-state index contributed by atoms with van der Waals surface area (Å²) in [6, 6.07) is 6.01. The number of hydrogen-bond donors (Lipinski definition) is 1. The van der Waals surface area contributed by atoms with Gasteiger partial charge in [-0.05, 0) is 49.3 Å². The van der Waals surface area contributed by atoms with Crippen LogP contribution in [0.2, 0.25) is 0 Å². The first kappa shape index (κ1) is 9.97. The lowest BCUT2D eigenvalue weighted by Crippen LogP contribution is -2.10. The van der Waals surface area contributed by atoms with Gasteiger partial charge in [-0.25, -0.2) is 0 Å². The predicted molar refractivity (Wildman–Crippen MR) is 59.6 cm³/mol. The Bertz CT molecular complexity index is 385. The molecule has 1 aromatic carbocycles. The third kappa shape index (κ3) is 2.00. The van der Waals surface area contributed by atoms with E-state index in [1.807, 2.05) is 18.2 Å². The van der Waals surface area contributed by atoms with Gasteiger partial charge in [0.1, 0.15) is 0 Å². The number of aryl methyl sites for hydroxylation is 1. The second-order valence-corrected chi connectivity index (χ2v) is 4.63. The van der Waals surface area contributed by atoms with E-state index < -0.39 is 0 Å². The second kappa shape index (κ2) is 3.98. The smallest absolute Gasteiger partial charge is 0.231 e. The molecule has 0 amide bonds. The van der Waals surface area contributed by atoms with Gasteiger partial charge in [-0.3, -0.25) is 0 Å². The molecule has 16 heavy (non-hydrogen) atoms. The standard InChI is InChI=1S/C13H16O3/c14-11(10-3-4-10)5-1-9-2-6-12-13(7-9)16-8-15-12/h2,6-7,10-11,14H,1,3-5,8H2/t11-/m1/s1. The number of hydrogen-bond acceptors (Lipinski definition) is 3. The summed E-state index contributed by atoms with van der Waals surface area (Å²) in [5.41, 5.74) is 1.21. The molecule has 86 valence electrons. The van der Waals surface area contributed by atoms with E-state index >= 15 is 0 Å². The molecule has 1 aromatic rings. The summed E-state index contributed by atoms with van der Waals surface area (Å²) in [4.78, 5) is 0. The van der Waals surface area contributed by atoms with Crippen LogP contribution in [0.25, 0.3) is 0 Å². The van der Waals surface area contributed by atoms with E-state index in [9.17, 15) is 5.11 Å². The number of benzene rings is 1. The summed E-state index contributed by atoms with van der Waals surface area (Å²) in [6.07, 6.45) is 4.04. The molecular formula is C13H16O3. The van der Waals surface area contributed by atoms with E-state index in [-0.39, 0.29) is 6.10 Å². The van der Waals surface area contributed by atoms with Crippen LogP contribution in [0.1, 0.15) is 24.8 Å². The number of ether oxygens (including phenoxy) is 2. The van der Waals surface area contributed by atoms with Crippen LogP contribution in [0.15, 0.2) is 18.2 Å². The summed E-state index contributed by atoms with van der Waals surface area (Å²) in [5, 5.41) is 9.79. The van der Waals surface area contributed by atoms with Crippen molar-refractivity contribution in [2.45, 2.75) is 31.8 Å². The zero-order valence-electron chi connectivity index (χ0n) is 9.19. The second-order valence-electron chi connectivity index (χ2n) is 4.63. The third-order valence-corrected chi connectivity index (χ3v) is 3.33. The molecule has 1 atom stereocenters. The Balaban J connectivity index is 1.61. The monoisotopic (exact) mass is 220 g/mol. The molecule has 1 saturated carbocycles. The maximum absolute atomic E-state index is 9.79. The van der Waals surface area contributed by atoms with Gasteiger partial charge < -0.3 is 14.6 Å². The molecule has 1 aliphatic heterocycles. The van der Waals surface area contributed by atoms with Crippen LogP contribution in [0.3, 0.4) is 0 Å². The molecule has 1 fully saturated rings. The maximum Gasteiger partial charge on any atom is 0.231 e. The van der Waals surface area contributed by atoms with Crippen molar-refractivity contribution in [2.24, 2.45) is 5.92 Å². The zero-order chi connectivity index (χ0) is 11.0. The zero-order valence-corrected chi connectivity index (χ0v) is 9.19. The van der Waals surface area contributed by atoms with Gasteiger partial charge >= 0.3 is 0 Å². The summed E-state index contributed by atoms with van der Waals surface area (Å²) >= 11 is 0. The number of rotatable bonds is 4. The van der Waals surface area contributed by atoms with E-state index in [0.717, 1.165) is 24.3 Å². The Morgan fingerprint density at radius 1 is 1.25 bits per heavy atom. The van der Waals surface area contributed by atoms with Gasteiger partial charge in [0.25, 0.3) is 0 Å². The Morgan fingerprint density at radius 2 is 2.06 bits per heavy atom. The first-order valence-corrected chi connectivity index (χ1v) is 5.89. The Labute approximate surface area is 95.0 Å². The fraction of sp³-hybridized carbons (Fsp3) is 0.538. The van der Waals surface area contributed by atoms with Gasteiger partial charge in [-0.15, -0.1) is 0 Å². The molecule has 1 heterocycles. The van der Waals surface area contributed by atoms with Crippen molar-refractivity contribution in [1.29, 1.82) is 0 Å². The molecule has 0 radical (unpaired) electrons. The topological polar surface area (TPSA) is 38.7 Å². The first-order chi connectivity index (χ1) is 7.83. The van der Waals surface area contributed by atoms with Crippen LogP contribution in [0.4, 0.5) is 0 Å². The van der Waals surface area contributed by atoms with E-state index in [1.165, 1.54) is 18.4 Å². The Kier molecular flexibility index (Phi) is 2.48. The highest BCUT2D eigenvalue weighted by atomic mass is 16.7. The fourth-order valence-corrected chi connectivity index (χ4v) is 2.13. The normalized spacial score (nSPS) is 19.8. The van der Waals surface area contributed by atoms with Gasteiger partial charge in [0.2, 0.25) is 6.79 Å². The summed E-state index contributed by atoms with van der Waals surface area (Å²) in [7, 11) is 0. The molecule has 2 aliphatic rings. The molecule has 1 aliphatic carbocycles. The minimum absolute atomic E-state index is 0.120. The summed E-state index contributed by atoms with van der Waals surface area (Å²) in [5.74, 6) is 2.22. The lowest BCUT2D eigenvalue weighted by Gasteiger charge is -2.08. The molecule has 0 saturated heterocycles. The van der Waals surface area contributed by atoms with Crippen LogP contribution >= 0.6 is 0 Å². The average Bonchev–Trinajstić information content (AvgIpc) is 3.04. The Hall–Kier alpha value is -1.22. The lowest BCUT2D eigenvalue weighted by molar-refractivity contribution is 0.142. The highest BCUT2D eigenvalue weighted by Gasteiger charge is 2.29. The van der Waals surface area contributed by atoms with E-state index in [1.54, 1.807) is 0 Å². The van der Waals surface area contributed by atoms with Crippen LogP contribution in [0, 0.1) is 5.92 Å². The highest BCUT2D eigenvalue weighted by Crippen LogP contribution is 2.35. The van der Waals surface area contributed by atoms with Gasteiger partial charge in [-0.2, -0.15) is 0 Å². The molecule has 3 heteroatoms. The number of fused-ring (bicyclic) bond motifs is 1. The van der Waals surface area contributed by atoms with Crippen LogP contribution in [0.5, 0.6) is 11.5 Å². The Morgan fingerprint density at radius 3 is 2.88 bits per heavy atom. The predicted octanol–water partition coefficient (Wildman–Crippen LogP) is 2.12. The van der Waals surface area contributed by atoms with Crippen molar-refractivity contribution in [3.63, 3.8) is 0 Å². The molecule has 1 N–H and O–H groups in total. The van der Waals surface area contributed by atoms with E-state index in [0.29, 0.717) is 12.7 Å². The third-order valence-electron chi connectivity index (χ3n) is 3.33. The fourth-order valence-electron chi connectivity index (χ4n) is 2.13. The first-order valence-electron chi connectivity index (χ1n) is 5.89. The SMILES string of the molecule is O[C@H](CCc1ccc2c(c1)OCO2)C1CC1. The quantitative estimate of drug-likeness (QED) is 0.844. The number of aliphatic hydroxyl groups is 1. The van der Waals surface area contributed by atoms with Crippen LogP contribution < -0.4 is 9.47 Å². The average molecular weight is 220 g/mol. The molecule has 3 nitrogen and oxygen atoms in total. The van der Waals surface area contributed by atoms with E-state index in [2.05, 4.69) is 0 Å². The lowest BCUT2D eigenvalue weighted by atomic mass is 10.0. The van der Waals surface area contributed by atoms with Crippen molar-refractivity contribution >= 4 is 0 Å². The number of aliphatic hydroxyl groups excluding tert-OH is 1. The molecule has 3 rings (SSSR count). The summed E-state index contributed by atoms with van der Waals surface area (Å²) in [6.45, 7) is 0.323. The molecule has 0 unspecified atom stereocenters. The van der Waals surface area contributed by atoms with Crippen molar-refractivity contribution in [3.8, 4) is 11.5 Å². The van der Waals surface area contributed by atoms with Crippen molar-refractivity contribution < 1.29 is 14.6 Å². The highest BCUT2D eigenvalue weighted by molar-refractivity contribution is 5.44. The van der Waals surface area contributed by atoms with Gasteiger partial charge in [0.05, 0.1) is 6.10 Å². The van der Waals surface area contributed by atoms with Gasteiger partial charge in [0.15, 0.2) is 11.5 Å². The van der Waals surface area contributed by atoms with Crippen LogP contribution in [-0.2, 0) is 6.42 Å². The molecule has 0 spiro atoms. The van der Waals surface area contributed by atoms with Crippen molar-refractivity contribution in [2.75, 3.05) is 6.79 Å².